The molecule has 0 aliphatic heterocycles. The molecule has 0 radical (unpaired) electrons. The summed E-state index contributed by atoms with van der Waals surface area (Å²) in [4.78, 5) is 29.9. The Labute approximate surface area is 214 Å². The van der Waals surface area contributed by atoms with Crippen LogP contribution in [0.5, 0.6) is 17.4 Å². The Hall–Kier alpha value is -4.47. The molecule has 190 valence electrons. The highest BCUT2D eigenvalue weighted by Crippen LogP contribution is 2.32. The summed E-state index contributed by atoms with van der Waals surface area (Å²) in [7, 11) is 1.59. The summed E-state index contributed by atoms with van der Waals surface area (Å²) in [6.45, 7) is 5.39. The van der Waals surface area contributed by atoms with Crippen molar-refractivity contribution in [1.29, 1.82) is 0 Å². The van der Waals surface area contributed by atoms with Gasteiger partial charge in [0.05, 0.1) is 23.9 Å². The zero-order chi connectivity index (χ0) is 26.0. The molecule has 5 rings (SSSR count). The standard InChI is InChI=1S/C27H28N6O4/c1-27(2,3)37-26(34)32-23-14-19(11-12-28-23)36-18-8-10-21-16(13-18)5-9-22(31-21)20-15-29-25(30-17-6-7-17)33-24(20)35-4/h5,8-15,17H,6-7H2,1-4H3,(H,28,32,34)(H,29,30,33). The molecule has 3 heterocycles. The minimum atomic E-state index is -0.605. The minimum absolute atomic E-state index is 0.327. The van der Waals surface area contributed by atoms with Crippen molar-refractivity contribution >= 4 is 28.8 Å². The number of fused-ring (bicyclic) bond motifs is 1. The largest absolute Gasteiger partial charge is 0.480 e. The lowest BCUT2D eigenvalue weighted by atomic mass is 10.1. The van der Waals surface area contributed by atoms with E-state index >= 15 is 0 Å². The maximum Gasteiger partial charge on any atom is 0.413 e. The van der Waals surface area contributed by atoms with Crippen LogP contribution in [0.4, 0.5) is 16.6 Å². The molecule has 0 saturated heterocycles. The fourth-order valence-electron chi connectivity index (χ4n) is 3.58. The third-order valence-corrected chi connectivity index (χ3v) is 5.39. The molecule has 1 amide bonds. The van der Waals surface area contributed by atoms with Gasteiger partial charge in [0, 0.05) is 29.9 Å². The molecule has 37 heavy (non-hydrogen) atoms. The number of amides is 1. The molecule has 3 aromatic heterocycles. The Morgan fingerprint density at radius 1 is 1.00 bits per heavy atom. The van der Waals surface area contributed by atoms with Gasteiger partial charge < -0.3 is 19.5 Å². The van der Waals surface area contributed by atoms with Gasteiger partial charge in [-0.25, -0.2) is 19.7 Å². The van der Waals surface area contributed by atoms with E-state index < -0.39 is 11.7 Å². The van der Waals surface area contributed by atoms with E-state index in [4.69, 9.17) is 19.2 Å². The molecule has 1 saturated carbocycles. The van der Waals surface area contributed by atoms with Crippen LogP contribution in [0.2, 0.25) is 0 Å². The van der Waals surface area contributed by atoms with E-state index in [-0.39, 0.29) is 0 Å². The van der Waals surface area contributed by atoms with Crippen molar-refractivity contribution in [3.63, 3.8) is 0 Å². The Morgan fingerprint density at radius 2 is 1.81 bits per heavy atom. The second kappa shape index (κ2) is 9.88. The predicted molar refractivity (Wildman–Crippen MR) is 140 cm³/mol. The van der Waals surface area contributed by atoms with E-state index in [1.165, 1.54) is 0 Å². The van der Waals surface area contributed by atoms with Gasteiger partial charge in [0.1, 0.15) is 22.9 Å². The van der Waals surface area contributed by atoms with E-state index in [1.807, 2.05) is 30.3 Å². The van der Waals surface area contributed by atoms with Crippen molar-refractivity contribution in [3.05, 3.63) is 54.9 Å². The highest BCUT2D eigenvalue weighted by molar-refractivity contribution is 5.84. The van der Waals surface area contributed by atoms with Crippen molar-refractivity contribution < 1.29 is 19.0 Å². The van der Waals surface area contributed by atoms with Gasteiger partial charge in [-0.3, -0.25) is 5.32 Å². The molecule has 0 bridgehead atoms. The van der Waals surface area contributed by atoms with E-state index in [0.717, 1.165) is 23.7 Å². The Morgan fingerprint density at radius 3 is 2.57 bits per heavy atom. The maximum atomic E-state index is 12.0. The maximum absolute atomic E-state index is 12.0. The number of methoxy groups -OCH3 is 1. The van der Waals surface area contributed by atoms with Crippen molar-refractivity contribution in [1.82, 2.24) is 19.9 Å². The van der Waals surface area contributed by atoms with Gasteiger partial charge >= 0.3 is 6.09 Å². The number of hydrogen-bond acceptors (Lipinski definition) is 9. The summed E-state index contributed by atoms with van der Waals surface area (Å²) >= 11 is 0. The van der Waals surface area contributed by atoms with Gasteiger partial charge in [0.2, 0.25) is 11.8 Å². The molecule has 0 unspecified atom stereocenters. The molecule has 1 aliphatic carbocycles. The summed E-state index contributed by atoms with van der Waals surface area (Å²) in [5.41, 5.74) is 1.61. The van der Waals surface area contributed by atoms with Crippen LogP contribution >= 0.6 is 0 Å². The monoisotopic (exact) mass is 500 g/mol. The topological polar surface area (TPSA) is 120 Å². The number of hydrogen-bond donors (Lipinski definition) is 2. The van der Waals surface area contributed by atoms with Crippen LogP contribution in [-0.2, 0) is 4.74 Å². The molecular formula is C27H28N6O4. The van der Waals surface area contributed by atoms with Crippen LogP contribution in [0.15, 0.2) is 54.9 Å². The molecule has 0 spiro atoms. The minimum Gasteiger partial charge on any atom is -0.480 e. The third kappa shape index (κ3) is 6.21. The van der Waals surface area contributed by atoms with E-state index in [9.17, 15) is 4.79 Å². The first-order chi connectivity index (χ1) is 17.8. The van der Waals surface area contributed by atoms with Gasteiger partial charge in [-0.1, -0.05) is 6.07 Å². The molecule has 4 aromatic rings. The van der Waals surface area contributed by atoms with Crippen LogP contribution in [0.3, 0.4) is 0 Å². The lowest BCUT2D eigenvalue weighted by Gasteiger charge is -2.19. The van der Waals surface area contributed by atoms with Gasteiger partial charge in [-0.2, -0.15) is 4.98 Å². The van der Waals surface area contributed by atoms with Crippen LogP contribution < -0.4 is 20.1 Å². The van der Waals surface area contributed by atoms with Gasteiger partial charge in [0.15, 0.2) is 0 Å². The summed E-state index contributed by atoms with van der Waals surface area (Å²) in [6.07, 6.45) is 4.97. The van der Waals surface area contributed by atoms with Crippen LogP contribution in [0.25, 0.3) is 22.2 Å². The third-order valence-electron chi connectivity index (χ3n) is 5.39. The number of nitrogens with one attached hydrogen (secondary N) is 2. The smallest absolute Gasteiger partial charge is 0.413 e. The molecular weight excluding hydrogens is 472 g/mol. The number of benzene rings is 1. The Kier molecular flexibility index (Phi) is 6.47. The summed E-state index contributed by atoms with van der Waals surface area (Å²) < 4.78 is 16.8. The Bertz CT molecular complexity index is 1450. The van der Waals surface area contributed by atoms with Crippen molar-refractivity contribution in [2.75, 3.05) is 17.7 Å². The predicted octanol–water partition coefficient (Wildman–Crippen LogP) is 5.81. The van der Waals surface area contributed by atoms with Gasteiger partial charge in [0.25, 0.3) is 0 Å². The lowest BCUT2D eigenvalue weighted by molar-refractivity contribution is 0.0635. The number of carbonyl (C=O) groups is 1. The first-order valence-corrected chi connectivity index (χ1v) is 12.0. The molecule has 0 atom stereocenters. The van der Waals surface area contributed by atoms with Gasteiger partial charge in [-0.05, 0) is 63.9 Å². The number of carbonyl (C=O) groups excluding carboxylic acids is 1. The molecule has 1 fully saturated rings. The lowest BCUT2D eigenvalue weighted by Crippen LogP contribution is -2.27. The van der Waals surface area contributed by atoms with Crippen molar-refractivity contribution in [3.8, 4) is 28.6 Å². The van der Waals surface area contributed by atoms with Crippen LogP contribution in [0.1, 0.15) is 33.6 Å². The summed E-state index contributed by atoms with van der Waals surface area (Å²) in [5, 5.41) is 6.79. The Balaban J connectivity index is 1.32. The SMILES string of the molecule is COc1nc(NC2CC2)ncc1-c1ccc2cc(Oc3ccnc(NC(=O)OC(C)(C)C)c3)ccc2n1. The number of nitrogens with zero attached hydrogens (tertiary/aromatic N) is 4. The molecule has 2 N–H and O–H groups in total. The van der Waals surface area contributed by atoms with E-state index in [1.54, 1.807) is 52.4 Å². The first kappa shape index (κ1) is 24.2. The second-order valence-electron chi connectivity index (χ2n) is 9.69. The quantitative estimate of drug-likeness (QED) is 0.324. The van der Waals surface area contributed by atoms with Crippen molar-refractivity contribution in [2.24, 2.45) is 0 Å². The second-order valence-corrected chi connectivity index (χ2v) is 9.69. The molecule has 1 aliphatic rings. The highest BCUT2D eigenvalue weighted by Gasteiger charge is 2.23. The average molecular weight is 501 g/mol. The highest BCUT2D eigenvalue weighted by atomic mass is 16.6. The number of pyridine rings is 2. The number of aromatic nitrogens is 4. The molecule has 10 heteroatoms. The average Bonchev–Trinajstić information content (AvgIpc) is 3.66. The van der Waals surface area contributed by atoms with Crippen molar-refractivity contribution in [2.45, 2.75) is 45.3 Å². The van der Waals surface area contributed by atoms with Gasteiger partial charge in [-0.15, -0.1) is 0 Å². The number of ether oxygens (including phenoxy) is 3. The fourth-order valence-corrected chi connectivity index (χ4v) is 3.58. The zero-order valence-corrected chi connectivity index (χ0v) is 21.1. The number of anilines is 2. The molecule has 1 aromatic carbocycles. The fraction of sp³-hybridized carbons (Fsp3) is 0.296. The molecule has 10 nitrogen and oxygen atoms in total. The van der Waals surface area contributed by atoms with Crippen LogP contribution in [0, 0.1) is 0 Å². The van der Waals surface area contributed by atoms with E-state index in [0.29, 0.717) is 46.4 Å². The van der Waals surface area contributed by atoms with E-state index in [2.05, 4.69) is 25.6 Å². The normalized spacial score (nSPS) is 13.2. The number of rotatable bonds is 7. The zero-order valence-electron chi connectivity index (χ0n) is 21.1. The first-order valence-electron chi connectivity index (χ1n) is 12.0. The summed E-state index contributed by atoms with van der Waals surface area (Å²) in [6, 6.07) is 13.3. The van der Waals surface area contributed by atoms with Crippen LogP contribution in [-0.4, -0.2) is 44.8 Å². The summed E-state index contributed by atoms with van der Waals surface area (Å²) in [5.74, 6) is 2.50.